The summed E-state index contributed by atoms with van der Waals surface area (Å²) in [5.74, 6) is -1.67. The van der Waals surface area contributed by atoms with Crippen LogP contribution in [0.5, 0.6) is 5.75 Å². The summed E-state index contributed by atoms with van der Waals surface area (Å²) in [5, 5.41) is 12.0. The first kappa shape index (κ1) is 20.5. The van der Waals surface area contributed by atoms with E-state index in [0.717, 1.165) is 11.3 Å². The molecule has 0 fully saturated rings. The number of nitro groups is 1. The molecule has 2 aromatic carbocycles. The SMILES string of the molecule is CC(C)OC(=O)C1=C(N)Oc2c(c(=O)sc3ccccc23)[C@@H]1c1cccc([N+](=O)[O-])c1. The predicted molar refractivity (Wildman–Crippen MR) is 116 cm³/mol. The maximum Gasteiger partial charge on any atom is 0.340 e. The minimum atomic E-state index is -0.969. The molecule has 2 N–H and O–H groups in total. The Morgan fingerprint density at radius 2 is 1.97 bits per heavy atom. The van der Waals surface area contributed by atoms with Crippen LogP contribution in [0.2, 0.25) is 0 Å². The zero-order valence-corrected chi connectivity index (χ0v) is 17.5. The van der Waals surface area contributed by atoms with Crippen molar-refractivity contribution in [3.8, 4) is 5.75 Å². The molecule has 3 aromatic rings. The summed E-state index contributed by atoms with van der Waals surface area (Å²) in [5.41, 5.74) is 6.51. The van der Waals surface area contributed by atoms with Gasteiger partial charge in [-0.05, 0) is 31.5 Å². The second kappa shape index (κ2) is 7.84. The van der Waals surface area contributed by atoms with E-state index >= 15 is 0 Å². The highest BCUT2D eigenvalue weighted by atomic mass is 32.1. The molecule has 9 heteroatoms. The highest BCUT2D eigenvalue weighted by molar-refractivity contribution is 7.16. The van der Waals surface area contributed by atoms with Crippen LogP contribution in [0.3, 0.4) is 0 Å². The number of fused-ring (bicyclic) bond motifs is 3. The van der Waals surface area contributed by atoms with Gasteiger partial charge < -0.3 is 15.2 Å². The number of esters is 1. The lowest BCUT2D eigenvalue weighted by atomic mass is 9.83. The zero-order chi connectivity index (χ0) is 22.3. The van der Waals surface area contributed by atoms with Gasteiger partial charge in [0.1, 0.15) is 11.3 Å². The number of nitrogens with zero attached hydrogens (tertiary/aromatic N) is 1. The van der Waals surface area contributed by atoms with Gasteiger partial charge in [0.2, 0.25) is 10.6 Å². The quantitative estimate of drug-likeness (QED) is 0.373. The van der Waals surface area contributed by atoms with E-state index < -0.39 is 22.9 Å². The number of benzene rings is 2. The molecule has 0 radical (unpaired) electrons. The van der Waals surface area contributed by atoms with Crippen molar-refractivity contribution in [2.45, 2.75) is 25.9 Å². The van der Waals surface area contributed by atoms with E-state index in [1.165, 1.54) is 18.2 Å². The average molecular weight is 438 g/mol. The van der Waals surface area contributed by atoms with Crippen molar-refractivity contribution in [3.05, 3.63) is 90.8 Å². The lowest BCUT2D eigenvalue weighted by Gasteiger charge is -2.28. The number of nitro benzene ring substituents is 1. The van der Waals surface area contributed by atoms with Gasteiger partial charge in [-0.25, -0.2) is 4.79 Å². The van der Waals surface area contributed by atoms with Crippen molar-refractivity contribution >= 4 is 33.1 Å². The smallest absolute Gasteiger partial charge is 0.340 e. The number of hydrogen-bond donors (Lipinski definition) is 1. The Morgan fingerprint density at radius 1 is 1.23 bits per heavy atom. The maximum absolute atomic E-state index is 13.2. The Hall–Kier alpha value is -3.72. The van der Waals surface area contributed by atoms with Crippen LogP contribution in [-0.4, -0.2) is 17.0 Å². The third kappa shape index (κ3) is 3.64. The van der Waals surface area contributed by atoms with Crippen LogP contribution in [0.1, 0.15) is 30.9 Å². The summed E-state index contributed by atoms with van der Waals surface area (Å²) in [4.78, 5) is 36.9. The Balaban J connectivity index is 2.03. The molecule has 158 valence electrons. The van der Waals surface area contributed by atoms with Crippen molar-refractivity contribution in [1.29, 1.82) is 0 Å². The molecule has 1 aliphatic rings. The Morgan fingerprint density at radius 3 is 2.68 bits per heavy atom. The van der Waals surface area contributed by atoms with Crippen LogP contribution in [0, 0.1) is 10.1 Å². The molecule has 1 aromatic heterocycles. The van der Waals surface area contributed by atoms with Crippen molar-refractivity contribution < 1.29 is 19.2 Å². The summed E-state index contributed by atoms with van der Waals surface area (Å²) in [7, 11) is 0. The molecule has 0 saturated carbocycles. The Kier molecular flexibility index (Phi) is 5.20. The van der Waals surface area contributed by atoms with Gasteiger partial charge in [-0.2, -0.15) is 0 Å². The minimum Gasteiger partial charge on any atom is -0.459 e. The van der Waals surface area contributed by atoms with Crippen molar-refractivity contribution in [2.24, 2.45) is 5.73 Å². The normalized spacial score (nSPS) is 15.5. The number of rotatable bonds is 4. The minimum absolute atomic E-state index is 0.0544. The molecule has 0 saturated heterocycles. The molecule has 0 unspecified atom stereocenters. The molecule has 2 heterocycles. The van der Waals surface area contributed by atoms with Gasteiger partial charge >= 0.3 is 5.97 Å². The second-order valence-electron chi connectivity index (χ2n) is 7.25. The molecule has 1 atom stereocenters. The number of ether oxygens (including phenoxy) is 2. The largest absolute Gasteiger partial charge is 0.459 e. The first-order valence-electron chi connectivity index (χ1n) is 9.46. The van der Waals surface area contributed by atoms with E-state index in [9.17, 15) is 19.7 Å². The number of carbonyl (C=O) groups is 1. The van der Waals surface area contributed by atoms with E-state index in [1.54, 1.807) is 44.2 Å². The van der Waals surface area contributed by atoms with Gasteiger partial charge in [0.25, 0.3) is 5.69 Å². The van der Waals surface area contributed by atoms with E-state index in [4.69, 9.17) is 15.2 Å². The summed E-state index contributed by atoms with van der Waals surface area (Å²) in [6, 6.07) is 13.0. The number of nitrogens with two attached hydrogens (primary N) is 1. The fraction of sp³-hybridized carbons (Fsp3) is 0.182. The van der Waals surface area contributed by atoms with Gasteiger partial charge in [-0.3, -0.25) is 14.9 Å². The van der Waals surface area contributed by atoms with E-state index in [-0.39, 0.29) is 33.2 Å². The standard InChI is InChI=1S/C22H18N2O6S/c1-11(2)29-21(25)18-16(12-6-5-7-13(10-12)24(27)28)17-19(30-20(18)23)14-8-3-4-9-15(14)31-22(17)26/h3-11,16H,23H2,1-2H3/t16-/m0/s1. The van der Waals surface area contributed by atoms with Crippen molar-refractivity contribution in [3.63, 3.8) is 0 Å². The summed E-state index contributed by atoms with van der Waals surface area (Å²) in [6.45, 7) is 3.37. The number of carbonyl (C=O) groups excluding carboxylic acids is 1. The molecule has 31 heavy (non-hydrogen) atoms. The van der Waals surface area contributed by atoms with Gasteiger partial charge in [0.05, 0.1) is 22.5 Å². The molecule has 8 nitrogen and oxygen atoms in total. The summed E-state index contributed by atoms with van der Waals surface area (Å²) >= 11 is 1.01. The topological polar surface area (TPSA) is 122 Å². The monoisotopic (exact) mass is 438 g/mol. The number of non-ortho nitro benzene ring substituents is 1. The van der Waals surface area contributed by atoms with Crippen LogP contribution in [-0.2, 0) is 9.53 Å². The molecule has 0 spiro atoms. The molecule has 4 rings (SSSR count). The van der Waals surface area contributed by atoms with E-state index in [2.05, 4.69) is 0 Å². The Labute approximate surface area is 180 Å². The van der Waals surface area contributed by atoms with Gasteiger partial charge in [-0.1, -0.05) is 35.6 Å². The summed E-state index contributed by atoms with van der Waals surface area (Å²) < 4.78 is 11.5. The highest BCUT2D eigenvalue weighted by Crippen LogP contribution is 2.45. The van der Waals surface area contributed by atoms with Crippen molar-refractivity contribution in [1.82, 2.24) is 0 Å². The van der Waals surface area contributed by atoms with Gasteiger partial charge in [0, 0.05) is 22.2 Å². The fourth-order valence-electron chi connectivity index (χ4n) is 3.59. The average Bonchev–Trinajstić information content (AvgIpc) is 2.72. The van der Waals surface area contributed by atoms with Crippen LogP contribution < -0.4 is 15.2 Å². The lowest BCUT2D eigenvalue weighted by Crippen LogP contribution is -2.31. The Bertz CT molecular complexity index is 1310. The van der Waals surface area contributed by atoms with Crippen LogP contribution in [0.15, 0.2) is 64.8 Å². The van der Waals surface area contributed by atoms with E-state index in [1.807, 2.05) is 0 Å². The first-order chi connectivity index (χ1) is 14.8. The highest BCUT2D eigenvalue weighted by Gasteiger charge is 2.39. The predicted octanol–water partition coefficient (Wildman–Crippen LogP) is 3.82. The summed E-state index contributed by atoms with van der Waals surface area (Å²) in [6.07, 6.45) is -0.439. The second-order valence-corrected chi connectivity index (χ2v) is 8.26. The zero-order valence-electron chi connectivity index (χ0n) is 16.7. The van der Waals surface area contributed by atoms with Gasteiger partial charge in [-0.15, -0.1) is 0 Å². The van der Waals surface area contributed by atoms with Crippen LogP contribution in [0.25, 0.3) is 10.1 Å². The molecule has 1 aliphatic heterocycles. The molecular weight excluding hydrogens is 420 g/mol. The number of hydrogen-bond acceptors (Lipinski definition) is 8. The lowest BCUT2D eigenvalue weighted by molar-refractivity contribution is -0.384. The maximum atomic E-state index is 13.2. The molecule has 0 amide bonds. The third-order valence-corrected chi connectivity index (χ3v) is 5.81. The third-order valence-electron chi connectivity index (χ3n) is 4.83. The fourth-order valence-corrected chi connectivity index (χ4v) is 4.53. The van der Waals surface area contributed by atoms with E-state index in [0.29, 0.717) is 15.6 Å². The van der Waals surface area contributed by atoms with Crippen LogP contribution in [0.4, 0.5) is 5.69 Å². The molecule has 0 bridgehead atoms. The van der Waals surface area contributed by atoms with Crippen LogP contribution >= 0.6 is 11.3 Å². The van der Waals surface area contributed by atoms with Gasteiger partial charge in [0.15, 0.2) is 0 Å². The molecular formula is C22H18N2O6S. The first-order valence-corrected chi connectivity index (χ1v) is 10.3. The van der Waals surface area contributed by atoms with Crippen molar-refractivity contribution in [2.75, 3.05) is 0 Å². The molecule has 0 aliphatic carbocycles.